The summed E-state index contributed by atoms with van der Waals surface area (Å²) in [5.41, 5.74) is 1.33. The van der Waals surface area contributed by atoms with Crippen LogP contribution in [0.1, 0.15) is 20.8 Å². The minimum absolute atomic E-state index is 0.0319. The Balaban J connectivity index is 1.66. The van der Waals surface area contributed by atoms with Crippen molar-refractivity contribution in [3.8, 4) is 0 Å². The molecule has 0 saturated heterocycles. The predicted octanol–water partition coefficient (Wildman–Crippen LogP) is 2.46. The minimum Gasteiger partial charge on any atom is -0.349 e. The van der Waals surface area contributed by atoms with Crippen molar-refractivity contribution in [1.82, 2.24) is 9.97 Å². The van der Waals surface area contributed by atoms with E-state index in [0.717, 1.165) is 6.26 Å². The maximum atomic E-state index is 12.7. The van der Waals surface area contributed by atoms with Gasteiger partial charge >= 0.3 is 0 Å². The molecule has 2 amide bonds. The summed E-state index contributed by atoms with van der Waals surface area (Å²) in [5, 5.41) is 7.55. The zero-order valence-corrected chi connectivity index (χ0v) is 18.9. The number of carbonyl (C=O) groups is 2. The molecule has 0 spiro atoms. The molecular weight excluding hydrogens is 454 g/mol. The van der Waals surface area contributed by atoms with E-state index in [1.807, 2.05) is 0 Å². The number of para-hydroxylation sites is 1. The summed E-state index contributed by atoms with van der Waals surface area (Å²) in [7, 11) is -1.81. The zero-order valence-electron chi connectivity index (χ0n) is 17.3. The zero-order chi connectivity index (χ0) is 23.1. The van der Waals surface area contributed by atoms with E-state index in [1.165, 1.54) is 17.5 Å². The van der Waals surface area contributed by atoms with Gasteiger partial charge in [-0.15, -0.1) is 11.3 Å². The fraction of sp³-hybridized carbons (Fsp3) is 0.200. The Bertz CT molecular complexity index is 1200. The van der Waals surface area contributed by atoms with Gasteiger partial charge in [-0.25, -0.2) is 4.98 Å². The molecule has 168 valence electrons. The number of aromatic nitrogens is 2. The smallest absolute Gasteiger partial charge is 0.275 e. The van der Waals surface area contributed by atoms with Gasteiger partial charge in [0.2, 0.25) is 0 Å². The van der Waals surface area contributed by atoms with Gasteiger partial charge in [0.05, 0.1) is 36.0 Å². The van der Waals surface area contributed by atoms with E-state index < -0.39 is 21.9 Å². The lowest BCUT2D eigenvalue weighted by atomic mass is 10.1. The number of hydrogen-bond acceptors (Lipinski definition) is 9. The third-order valence-corrected chi connectivity index (χ3v) is 5.66. The van der Waals surface area contributed by atoms with Crippen molar-refractivity contribution in [1.29, 1.82) is 0 Å². The summed E-state index contributed by atoms with van der Waals surface area (Å²) in [6, 6.07) is 10.0. The molecule has 0 saturated carbocycles. The second kappa shape index (κ2) is 10.3. The average molecular weight is 476 g/mol. The van der Waals surface area contributed by atoms with Crippen LogP contribution in [0.5, 0.6) is 0 Å². The molecule has 0 fully saturated rings. The molecule has 10 nitrogen and oxygen atoms in total. The maximum absolute atomic E-state index is 12.7. The van der Waals surface area contributed by atoms with E-state index in [-0.39, 0.29) is 24.4 Å². The number of nitrogens with zero attached hydrogens (tertiary/aromatic N) is 3. The van der Waals surface area contributed by atoms with E-state index in [9.17, 15) is 18.0 Å². The van der Waals surface area contributed by atoms with Gasteiger partial charge in [-0.1, -0.05) is 12.1 Å². The van der Waals surface area contributed by atoms with E-state index in [0.29, 0.717) is 16.5 Å². The molecule has 0 unspecified atom stereocenters. The minimum atomic E-state index is -3.52. The van der Waals surface area contributed by atoms with E-state index in [1.54, 1.807) is 59.9 Å². The van der Waals surface area contributed by atoms with Gasteiger partial charge in [-0.2, -0.15) is 8.42 Å². The van der Waals surface area contributed by atoms with Crippen LogP contribution in [-0.4, -0.2) is 56.7 Å². The Morgan fingerprint density at radius 1 is 1.12 bits per heavy atom. The number of carbonyl (C=O) groups excluding carboxylic acids is 2. The summed E-state index contributed by atoms with van der Waals surface area (Å²) < 4.78 is 26.8. The molecule has 32 heavy (non-hydrogen) atoms. The maximum Gasteiger partial charge on any atom is 0.275 e. The van der Waals surface area contributed by atoms with Crippen LogP contribution in [0.25, 0.3) is 0 Å². The predicted molar refractivity (Wildman–Crippen MR) is 123 cm³/mol. The van der Waals surface area contributed by atoms with E-state index >= 15 is 0 Å². The first-order valence-corrected chi connectivity index (χ1v) is 12.1. The van der Waals surface area contributed by atoms with E-state index in [4.69, 9.17) is 4.18 Å². The second-order valence-corrected chi connectivity index (χ2v) is 9.14. The number of hydrogen-bond donors (Lipinski definition) is 2. The molecule has 0 radical (unpaired) electrons. The summed E-state index contributed by atoms with van der Waals surface area (Å²) in [6.45, 7) is 0.245. The highest BCUT2D eigenvalue weighted by Crippen LogP contribution is 2.22. The van der Waals surface area contributed by atoms with E-state index in [2.05, 4.69) is 20.6 Å². The van der Waals surface area contributed by atoms with Crippen LogP contribution in [0.3, 0.4) is 0 Å². The highest BCUT2D eigenvalue weighted by molar-refractivity contribution is 7.85. The van der Waals surface area contributed by atoms with Crippen LogP contribution in [0.4, 0.5) is 16.5 Å². The van der Waals surface area contributed by atoms with Crippen LogP contribution >= 0.6 is 11.3 Å². The molecule has 3 aromatic rings. The van der Waals surface area contributed by atoms with Crippen molar-refractivity contribution in [3.05, 3.63) is 65.4 Å². The number of rotatable bonds is 9. The van der Waals surface area contributed by atoms with Crippen LogP contribution in [0.2, 0.25) is 0 Å². The van der Waals surface area contributed by atoms with Gasteiger partial charge in [0, 0.05) is 25.2 Å². The van der Waals surface area contributed by atoms with Gasteiger partial charge in [0.15, 0.2) is 5.13 Å². The molecule has 0 atom stereocenters. The molecule has 0 aliphatic heterocycles. The summed E-state index contributed by atoms with van der Waals surface area (Å²) in [5.74, 6) is -0.867. The molecule has 0 bridgehead atoms. The van der Waals surface area contributed by atoms with Crippen LogP contribution in [0.15, 0.2) is 54.2 Å². The van der Waals surface area contributed by atoms with Crippen molar-refractivity contribution >= 4 is 49.8 Å². The number of anilines is 3. The van der Waals surface area contributed by atoms with Gasteiger partial charge < -0.3 is 15.5 Å². The third kappa shape index (κ3) is 6.57. The lowest BCUT2D eigenvalue weighted by Gasteiger charge is -2.14. The van der Waals surface area contributed by atoms with Crippen molar-refractivity contribution in [3.63, 3.8) is 0 Å². The molecule has 0 aliphatic rings. The average Bonchev–Trinajstić information content (AvgIpc) is 3.24. The van der Waals surface area contributed by atoms with Crippen molar-refractivity contribution in [2.24, 2.45) is 0 Å². The normalized spacial score (nSPS) is 11.1. The SMILES string of the molecule is CN(CCOS(C)(=O)=O)c1nc(C(=O)Nc2ccccc2C(=O)Nc2cccnc2)cs1. The summed E-state index contributed by atoms with van der Waals surface area (Å²) >= 11 is 1.23. The lowest BCUT2D eigenvalue weighted by molar-refractivity contribution is 0.102. The first-order valence-electron chi connectivity index (χ1n) is 9.36. The molecule has 2 aromatic heterocycles. The number of nitrogens with one attached hydrogen (secondary N) is 2. The number of amides is 2. The molecule has 2 heterocycles. The van der Waals surface area contributed by atoms with Gasteiger partial charge in [-0.3, -0.25) is 18.8 Å². The molecule has 12 heteroatoms. The number of benzene rings is 1. The van der Waals surface area contributed by atoms with Crippen molar-refractivity contribution < 1.29 is 22.2 Å². The fourth-order valence-corrected chi connectivity index (χ4v) is 3.75. The number of likely N-dealkylation sites (N-methyl/N-ethyl adjacent to an activating group) is 1. The van der Waals surface area contributed by atoms with Crippen molar-refractivity contribution in [2.75, 3.05) is 42.0 Å². The van der Waals surface area contributed by atoms with Gasteiger partial charge in [0.25, 0.3) is 21.9 Å². The molecule has 1 aromatic carbocycles. The van der Waals surface area contributed by atoms with Crippen molar-refractivity contribution in [2.45, 2.75) is 0 Å². The monoisotopic (exact) mass is 475 g/mol. The van der Waals surface area contributed by atoms with Crippen LogP contribution in [-0.2, 0) is 14.3 Å². The summed E-state index contributed by atoms with van der Waals surface area (Å²) in [4.78, 5) is 35.3. The first kappa shape index (κ1) is 23.3. The van der Waals surface area contributed by atoms with Crippen LogP contribution in [0, 0.1) is 0 Å². The topological polar surface area (TPSA) is 131 Å². The second-order valence-electron chi connectivity index (χ2n) is 6.66. The van der Waals surface area contributed by atoms with Gasteiger partial charge in [-0.05, 0) is 24.3 Å². The molecular formula is C20H21N5O5S2. The highest BCUT2D eigenvalue weighted by Gasteiger charge is 2.17. The highest BCUT2D eigenvalue weighted by atomic mass is 32.2. The quantitative estimate of drug-likeness (QED) is 0.451. The number of pyridine rings is 1. The Morgan fingerprint density at radius 2 is 1.91 bits per heavy atom. The number of thiazole rings is 1. The largest absolute Gasteiger partial charge is 0.349 e. The summed E-state index contributed by atoms with van der Waals surface area (Å²) in [6.07, 6.45) is 4.10. The first-order chi connectivity index (χ1) is 15.2. The van der Waals surface area contributed by atoms with Crippen LogP contribution < -0.4 is 15.5 Å². The molecule has 3 rings (SSSR count). The Kier molecular flexibility index (Phi) is 7.51. The Hall–Kier alpha value is -3.35. The third-order valence-electron chi connectivity index (χ3n) is 4.11. The fourth-order valence-electron chi connectivity index (χ4n) is 2.58. The Labute approximate surface area is 189 Å². The standard InChI is InChI=1S/C20H21N5O5S2/c1-25(10-11-30-32(2,28)29)20-24-17(13-31-20)19(27)23-16-8-4-3-7-15(16)18(26)22-14-6-5-9-21-12-14/h3-9,12-13H,10-11H2,1-2H3,(H,22,26)(H,23,27). The molecule has 2 N–H and O–H groups in total. The molecule has 0 aliphatic carbocycles. The van der Waals surface area contributed by atoms with Gasteiger partial charge in [0.1, 0.15) is 5.69 Å². The Morgan fingerprint density at radius 3 is 2.62 bits per heavy atom. The lowest BCUT2D eigenvalue weighted by Crippen LogP contribution is -2.24.